The smallest absolute Gasteiger partial charge is 0.328 e. The second-order valence-corrected chi connectivity index (χ2v) is 8.87. The van der Waals surface area contributed by atoms with Gasteiger partial charge in [-0.05, 0) is 56.7 Å². The average Bonchev–Trinajstić information content (AvgIpc) is 3.24. The molecular weight excluding hydrogens is 430 g/mol. The molecule has 0 aliphatic rings. The zero-order valence-electron chi connectivity index (χ0n) is 18.2. The van der Waals surface area contributed by atoms with Gasteiger partial charge in [-0.3, -0.25) is 4.79 Å². The molecule has 8 heteroatoms. The van der Waals surface area contributed by atoms with Crippen molar-refractivity contribution < 1.29 is 29.7 Å². The quantitative estimate of drug-likeness (QED) is 0.215. The lowest BCUT2D eigenvalue weighted by Gasteiger charge is -2.20. The summed E-state index contributed by atoms with van der Waals surface area (Å²) in [5.74, 6) is -2.28. The highest BCUT2D eigenvalue weighted by Crippen LogP contribution is 2.22. The number of aliphatic hydroxyl groups is 1. The molecule has 2 aromatic rings. The number of Topliss-reactive ketones (excluding diaryl/α,β-unsaturated/α-hetero) is 1. The SMILES string of the molecule is CC(N)(CO)CCc1ccc(C(=O)CCCCc2ccccc2)s1.O=C(O)/C=C\C(=O)O. The first-order valence-corrected chi connectivity index (χ1v) is 11.1. The number of hydrogen-bond acceptors (Lipinski definition) is 6. The summed E-state index contributed by atoms with van der Waals surface area (Å²) in [6.45, 7) is 1.82. The molecule has 0 aliphatic heterocycles. The van der Waals surface area contributed by atoms with Crippen LogP contribution in [-0.4, -0.2) is 45.2 Å². The summed E-state index contributed by atoms with van der Waals surface area (Å²) in [5, 5.41) is 24.8. The lowest BCUT2D eigenvalue weighted by Crippen LogP contribution is -2.40. The number of benzene rings is 1. The van der Waals surface area contributed by atoms with Gasteiger partial charge in [-0.1, -0.05) is 30.3 Å². The first-order chi connectivity index (χ1) is 15.1. The number of carbonyl (C=O) groups is 3. The highest BCUT2D eigenvalue weighted by Gasteiger charge is 2.17. The van der Waals surface area contributed by atoms with Crippen LogP contribution in [0.2, 0.25) is 0 Å². The largest absolute Gasteiger partial charge is 0.478 e. The van der Waals surface area contributed by atoms with Crippen LogP contribution in [0, 0.1) is 0 Å². The van der Waals surface area contributed by atoms with Crippen molar-refractivity contribution in [2.75, 3.05) is 6.61 Å². The Morgan fingerprint density at radius 3 is 2.16 bits per heavy atom. The van der Waals surface area contributed by atoms with Gasteiger partial charge < -0.3 is 21.1 Å². The Labute approximate surface area is 192 Å². The van der Waals surface area contributed by atoms with E-state index in [2.05, 4.69) is 24.3 Å². The van der Waals surface area contributed by atoms with Crippen molar-refractivity contribution in [2.24, 2.45) is 5.73 Å². The predicted octanol–water partition coefficient (Wildman–Crippen LogP) is 3.70. The van der Waals surface area contributed by atoms with E-state index in [4.69, 9.17) is 15.9 Å². The number of aliphatic hydroxyl groups excluding tert-OH is 1. The molecule has 1 atom stereocenters. The number of aliphatic carboxylic acids is 2. The Hall–Kier alpha value is -2.81. The van der Waals surface area contributed by atoms with Gasteiger partial charge in [-0.2, -0.15) is 0 Å². The maximum Gasteiger partial charge on any atom is 0.328 e. The highest BCUT2D eigenvalue weighted by molar-refractivity contribution is 7.14. The highest BCUT2D eigenvalue weighted by atomic mass is 32.1. The molecule has 32 heavy (non-hydrogen) atoms. The molecule has 1 aromatic carbocycles. The maximum atomic E-state index is 12.3. The minimum atomic E-state index is -1.26. The van der Waals surface area contributed by atoms with Gasteiger partial charge in [0.1, 0.15) is 0 Å². The number of carboxylic acid groups (broad SMARTS) is 2. The summed E-state index contributed by atoms with van der Waals surface area (Å²) in [6.07, 6.45) is 6.24. The fraction of sp³-hybridized carbons (Fsp3) is 0.375. The summed E-state index contributed by atoms with van der Waals surface area (Å²) in [4.78, 5) is 33.4. The Morgan fingerprint density at radius 1 is 0.969 bits per heavy atom. The van der Waals surface area contributed by atoms with Crippen LogP contribution in [0.3, 0.4) is 0 Å². The Morgan fingerprint density at radius 2 is 1.59 bits per heavy atom. The summed E-state index contributed by atoms with van der Waals surface area (Å²) in [6, 6.07) is 14.3. The number of unbranched alkanes of at least 4 members (excludes halogenated alkanes) is 1. The zero-order valence-corrected chi connectivity index (χ0v) is 19.0. The number of rotatable bonds is 12. The molecule has 174 valence electrons. The second kappa shape index (κ2) is 14.3. The van der Waals surface area contributed by atoms with E-state index in [1.807, 2.05) is 25.1 Å². The van der Waals surface area contributed by atoms with E-state index in [1.54, 1.807) is 11.3 Å². The Bertz CT molecular complexity index is 873. The fourth-order valence-electron chi connectivity index (χ4n) is 2.68. The molecule has 0 fully saturated rings. The van der Waals surface area contributed by atoms with Crippen LogP contribution in [0.5, 0.6) is 0 Å². The van der Waals surface area contributed by atoms with Crippen molar-refractivity contribution in [1.82, 2.24) is 0 Å². The number of carboxylic acids is 2. The molecular formula is C24H31NO6S. The number of carbonyl (C=O) groups excluding carboxylic acids is 1. The maximum absolute atomic E-state index is 12.3. The second-order valence-electron chi connectivity index (χ2n) is 7.70. The number of ketones is 1. The zero-order chi connectivity index (χ0) is 24.0. The number of nitrogens with two attached hydrogens (primary N) is 1. The summed E-state index contributed by atoms with van der Waals surface area (Å²) in [7, 11) is 0. The van der Waals surface area contributed by atoms with Crippen LogP contribution >= 0.6 is 11.3 Å². The van der Waals surface area contributed by atoms with Crippen LogP contribution in [0.15, 0.2) is 54.6 Å². The van der Waals surface area contributed by atoms with E-state index in [9.17, 15) is 19.5 Å². The van der Waals surface area contributed by atoms with Crippen molar-refractivity contribution in [3.05, 3.63) is 69.9 Å². The van der Waals surface area contributed by atoms with Crippen molar-refractivity contribution in [1.29, 1.82) is 0 Å². The molecule has 0 bridgehead atoms. The third-order valence-corrected chi connectivity index (χ3v) is 5.76. The molecule has 7 nitrogen and oxygen atoms in total. The molecule has 0 amide bonds. The molecule has 5 N–H and O–H groups in total. The normalized spacial score (nSPS) is 12.6. The minimum Gasteiger partial charge on any atom is -0.478 e. The molecule has 0 saturated heterocycles. The third-order valence-electron chi connectivity index (χ3n) is 4.57. The van der Waals surface area contributed by atoms with E-state index in [0.29, 0.717) is 25.0 Å². The van der Waals surface area contributed by atoms with Crippen LogP contribution in [0.4, 0.5) is 0 Å². The van der Waals surface area contributed by atoms with Crippen molar-refractivity contribution >= 4 is 29.1 Å². The molecule has 1 unspecified atom stereocenters. The topological polar surface area (TPSA) is 138 Å². The van der Waals surface area contributed by atoms with Gasteiger partial charge in [0.15, 0.2) is 5.78 Å². The van der Waals surface area contributed by atoms with Gasteiger partial charge in [0.05, 0.1) is 11.5 Å². The molecule has 0 spiro atoms. The molecule has 2 rings (SSSR count). The van der Waals surface area contributed by atoms with Crippen LogP contribution < -0.4 is 5.73 Å². The summed E-state index contributed by atoms with van der Waals surface area (Å²) in [5.41, 5.74) is 6.73. The first kappa shape index (κ1) is 27.2. The lowest BCUT2D eigenvalue weighted by molar-refractivity contribution is -0.134. The van der Waals surface area contributed by atoms with E-state index < -0.39 is 17.5 Å². The summed E-state index contributed by atoms with van der Waals surface area (Å²) < 4.78 is 0. The van der Waals surface area contributed by atoms with E-state index >= 15 is 0 Å². The van der Waals surface area contributed by atoms with E-state index in [0.717, 1.165) is 35.4 Å². The van der Waals surface area contributed by atoms with Gasteiger partial charge >= 0.3 is 11.9 Å². The average molecular weight is 462 g/mol. The van der Waals surface area contributed by atoms with Crippen molar-refractivity contribution in [2.45, 2.75) is 51.0 Å². The fourth-order valence-corrected chi connectivity index (χ4v) is 3.65. The minimum absolute atomic E-state index is 0.0222. The van der Waals surface area contributed by atoms with Crippen LogP contribution in [0.25, 0.3) is 0 Å². The monoisotopic (exact) mass is 461 g/mol. The molecule has 0 saturated carbocycles. The van der Waals surface area contributed by atoms with Crippen LogP contribution in [-0.2, 0) is 22.4 Å². The van der Waals surface area contributed by atoms with Gasteiger partial charge in [0.25, 0.3) is 0 Å². The van der Waals surface area contributed by atoms with Gasteiger partial charge in [0.2, 0.25) is 0 Å². The predicted molar refractivity (Wildman–Crippen MR) is 125 cm³/mol. The van der Waals surface area contributed by atoms with Crippen LogP contribution in [0.1, 0.15) is 52.7 Å². The van der Waals surface area contributed by atoms with Gasteiger partial charge in [0, 0.05) is 29.0 Å². The first-order valence-electron chi connectivity index (χ1n) is 10.3. The summed E-state index contributed by atoms with van der Waals surface area (Å²) >= 11 is 1.56. The molecule has 0 aliphatic carbocycles. The number of thiophene rings is 1. The molecule has 0 radical (unpaired) electrons. The standard InChI is InChI=1S/C20H27NO2S.C4H4O4/c1-20(21,15-22)14-13-17-11-12-19(24-17)18(23)10-6-5-9-16-7-3-2-4-8-16;5-3(6)1-2-4(7)8/h2-4,7-8,11-12,22H,5-6,9-10,13-15,21H2,1H3;1-2H,(H,5,6)(H,7,8)/b;2-1-. The number of hydrogen-bond donors (Lipinski definition) is 4. The van der Waals surface area contributed by atoms with Crippen molar-refractivity contribution in [3.8, 4) is 0 Å². The Kier molecular flexibility index (Phi) is 12.2. The number of aryl methyl sites for hydroxylation is 2. The molecule has 1 aromatic heterocycles. The lowest BCUT2D eigenvalue weighted by atomic mass is 9.98. The van der Waals surface area contributed by atoms with E-state index in [-0.39, 0.29) is 12.4 Å². The Balaban J connectivity index is 0.000000547. The van der Waals surface area contributed by atoms with Gasteiger partial charge in [-0.25, -0.2) is 9.59 Å². The van der Waals surface area contributed by atoms with Crippen molar-refractivity contribution in [3.63, 3.8) is 0 Å². The third kappa shape index (κ3) is 12.1. The molecule has 1 heterocycles. The van der Waals surface area contributed by atoms with E-state index in [1.165, 1.54) is 5.56 Å². The van der Waals surface area contributed by atoms with Gasteiger partial charge in [-0.15, -0.1) is 11.3 Å².